The Morgan fingerprint density at radius 2 is 1.83 bits per heavy atom. The second-order valence-electron chi connectivity index (χ2n) is 8.29. The van der Waals surface area contributed by atoms with E-state index in [1.165, 1.54) is 37.9 Å². The van der Waals surface area contributed by atoms with Gasteiger partial charge in [0.25, 0.3) is 5.91 Å². The lowest BCUT2D eigenvalue weighted by atomic mass is 9.96. The first-order chi connectivity index (χ1) is 14.7. The second kappa shape index (κ2) is 10.2. The highest BCUT2D eigenvalue weighted by Gasteiger charge is 2.23. The SMILES string of the molecule is O=C(Nc1ccccc1C1CCC(=S)C1)c1ccc(OCCN2CCCCC2)cc1. The Hall–Kier alpha value is -2.24. The largest absolute Gasteiger partial charge is 0.492 e. The van der Waals surface area contributed by atoms with Gasteiger partial charge in [-0.25, -0.2) is 0 Å². The molecule has 0 bridgehead atoms. The maximum Gasteiger partial charge on any atom is 0.255 e. The van der Waals surface area contributed by atoms with Crippen LogP contribution in [0.4, 0.5) is 5.69 Å². The number of amides is 1. The van der Waals surface area contributed by atoms with E-state index in [9.17, 15) is 4.79 Å². The molecule has 1 saturated heterocycles. The zero-order valence-electron chi connectivity index (χ0n) is 17.4. The Kier molecular flexibility index (Phi) is 7.13. The zero-order chi connectivity index (χ0) is 20.8. The average Bonchev–Trinajstić information content (AvgIpc) is 3.21. The third-order valence-corrected chi connectivity index (χ3v) is 6.51. The number of thiocarbonyl (C=S) groups is 1. The van der Waals surface area contributed by atoms with Crippen LogP contribution >= 0.6 is 12.2 Å². The number of likely N-dealkylation sites (tertiary alicyclic amines) is 1. The van der Waals surface area contributed by atoms with Crippen LogP contribution in [0.2, 0.25) is 0 Å². The van der Waals surface area contributed by atoms with E-state index in [-0.39, 0.29) is 5.91 Å². The number of nitrogens with one attached hydrogen (secondary N) is 1. The predicted octanol–water partition coefficient (Wildman–Crippen LogP) is 5.44. The predicted molar refractivity (Wildman–Crippen MR) is 126 cm³/mol. The monoisotopic (exact) mass is 422 g/mol. The lowest BCUT2D eigenvalue weighted by molar-refractivity contribution is 0.102. The van der Waals surface area contributed by atoms with Gasteiger partial charge in [-0.1, -0.05) is 36.8 Å². The molecule has 5 heteroatoms. The van der Waals surface area contributed by atoms with Crippen LogP contribution < -0.4 is 10.1 Å². The molecule has 2 aromatic carbocycles. The Morgan fingerprint density at radius 1 is 1.07 bits per heavy atom. The maximum atomic E-state index is 12.8. The minimum absolute atomic E-state index is 0.0945. The van der Waals surface area contributed by atoms with Gasteiger partial charge in [-0.2, -0.15) is 0 Å². The molecule has 1 aliphatic carbocycles. The van der Waals surface area contributed by atoms with Crippen molar-refractivity contribution in [3.63, 3.8) is 0 Å². The average molecular weight is 423 g/mol. The van der Waals surface area contributed by atoms with Crippen molar-refractivity contribution in [1.82, 2.24) is 4.90 Å². The summed E-state index contributed by atoms with van der Waals surface area (Å²) >= 11 is 5.38. The molecule has 1 amide bonds. The van der Waals surface area contributed by atoms with E-state index < -0.39 is 0 Å². The van der Waals surface area contributed by atoms with E-state index in [1.807, 2.05) is 42.5 Å². The van der Waals surface area contributed by atoms with Gasteiger partial charge in [0, 0.05) is 17.8 Å². The van der Waals surface area contributed by atoms with Gasteiger partial charge in [-0.3, -0.25) is 9.69 Å². The van der Waals surface area contributed by atoms with Gasteiger partial charge >= 0.3 is 0 Å². The number of ether oxygens (including phenoxy) is 1. The third-order valence-electron chi connectivity index (χ3n) is 6.14. The summed E-state index contributed by atoms with van der Waals surface area (Å²) < 4.78 is 5.87. The van der Waals surface area contributed by atoms with E-state index in [2.05, 4.69) is 16.3 Å². The van der Waals surface area contributed by atoms with E-state index in [0.29, 0.717) is 18.1 Å². The fraction of sp³-hybridized carbons (Fsp3) is 0.440. The third kappa shape index (κ3) is 5.46. The molecular weight excluding hydrogens is 392 g/mol. The minimum atomic E-state index is -0.0945. The molecule has 1 aliphatic heterocycles. The molecule has 1 saturated carbocycles. The van der Waals surface area contributed by atoms with Crippen molar-refractivity contribution < 1.29 is 9.53 Å². The normalized spacial score (nSPS) is 19.6. The second-order valence-corrected chi connectivity index (χ2v) is 8.87. The van der Waals surface area contributed by atoms with Crippen molar-refractivity contribution >= 4 is 28.7 Å². The summed E-state index contributed by atoms with van der Waals surface area (Å²) in [5.74, 6) is 1.12. The van der Waals surface area contributed by atoms with Crippen LogP contribution in [0.25, 0.3) is 0 Å². The number of para-hydroxylation sites is 1. The summed E-state index contributed by atoms with van der Waals surface area (Å²) in [5.41, 5.74) is 2.71. The standard InChI is InChI=1S/C25H30N2O2S/c28-25(26-24-7-3-2-6-23(24)20-10-13-22(30)18-20)19-8-11-21(12-9-19)29-17-16-27-14-4-1-5-15-27/h2-3,6-9,11-12,20H,1,4-5,10,13-18H2,(H,26,28). The summed E-state index contributed by atoms with van der Waals surface area (Å²) in [6.45, 7) is 4.00. The van der Waals surface area contributed by atoms with E-state index >= 15 is 0 Å². The maximum absolute atomic E-state index is 12.8. The van der Waals surface area contributed by atoms with Crippen molar-refractivity contribution in [3.8, 4) is 5.75 Å². The Balaban J connectivity index is 1.32. The Morgan fingerprint density at radius 3 is 2.57 bits per heavy atom. The van der Waals surface area contributed by atoms with E-state index in [1.54, 1.807) is 0 Å². The van der Waals surface area contributed by atoms with Crippen LogP contribution in [0.5, 0.6) is 5.75 Å². The van der Waals surface area contributed by atoms with Gasteiger partial charge in [0.2, 0.25) is 0 Å². The number of anilines is 1. The van der Waals surface area contributed by atoms with Gasteiger partial charge in [-0.05, 0) is 91.9 Å². The van der Waals surface area contributed by atoms with Crippen molar-refractivity contribution in [2.75, 3.05) is 31.6 Å². The fourth-order valence-corrected chi connectivity index (χ4v) is 4.74. The molecule has 1 N–H and O–H groups in total. The summed E-state index contributed by atoms with van der Waals surface area (Å²) in [7, 11) is 0. The van der Waals surface area contributed by atoms with Crippen molar-refractivity contribution in [1.29, 1.82) is 0 Å². The lowest BCUT2D eigenvalue weighted by Gasteiger charge is -2.26. The first-order valence-corrected chi connectivity index (χ1v) is 11.5. The number of carbonyl (C=O) groups excluding carboxylic acids is 1. The number of hydrogen-bond donors (Lipinski definition) is 1. The molecule has 0 radical (unpaired) electrons. The van der Waals surface area contributed by atoms with Crippen molar-refractivity contribution in [2.45, 2.75) is 44.4 Å². The lowest BCUT2D eigenvalue weighted by Crippen LogP contribution is -2.33. The minimum Gasteiger partial charge on any atom is -0.492 e. The van der Waals surface area contributed by atoms with Crippen molar-refractivity contribution in [2.24, 2.45) is 0 Å². The van der Waals surface area contributed by atoms with Gasteiger partial charge in [0.05, 0.1) is 0 Å². The van der Waals surface area contributed by atoms with Gasteiger partial charge in [0.15, 0.2) is 0 Å². The highest BCUT2D eigenvalue weighted by molar-refractivity contribution is 7.80. The molecule has 30 heavy (non-hydrogen) atoms. The number of hydrogen-bond acceptors (Lipinski definition) is 4. The van der Waals surface area contributed by atoms with E-state index in [4.69, 9.17) is 17.0 Å². The molecule has 0 aromatic heterocycles. The molecule has 2 aliphatic rings. The molecular formula is C25H30N2O2S. The Bertz CT molecular complexity index is 875. The molecule has 1 heterocycles. The highest BCUT2D eigenvalue weighted by Crippen LogP contribution is 2.36. The topological polar surface area (TPSA) is 41.6 Å². The Labute approximate surface area is 184 Å². The van der Waals surface area contributed by atoms with Crippen LogP contribution in [-0.2, 0) is 0 Å². The first kappa shape index (κ1) is 21.0. The molecule has 4 nitrogen and oxygen atoms in total. The zero-order valence-corrected chi connectivity index (χ0v) is 18.3. The quantitative estimate of drug-likeness (QED) is 0.603. The molecule has 2 fully saturated rings. The smallest absolute Gasteiger partial charge is 0.255 e. The van der Waals surface area contributed by atoms with Crippen molar-refractivity contribution in [3.05, 3.63) is 59.7 Å². The molecule has 1 unspecified atom stereocenters. The fourth-order valence-electron chi connectivity index (χ4n) is 4.42. The van der Waals surface area contributed by atoms with Crippen LogP contribution in [0.3, 0.4) is 0 Å². The number of carbonyl (C=O) groups is 1. The number of piperidine rings is 1. The van der Waals surface area contributed by atoms with Gasteiger partial charge < -0.3 is 10.1 Å². The summed E-state index contributed by atoms with van der Waals surface area (Å²) in [6, 6.07) is 15.5. The van der Waals surface area contributed by atoms with Crippen LogP contribution in [0.1, 0.15) is 60.4 Å². The molecule has 4 rings (SSSR count). The van der Waals surface area contributed by atoms with Crippen LogP contribution in [0.15, 0.2) is 48.5 Å². The van der Waals surface area contributed by atoms with Gasteiger partial charge in [-0.15, -0.1) is 0 Å². The molecule has 2 aromatic rings. The molecule has 158 valence electrons. The van der Waals surface area contributed by atoms with Gasteiger partial charge in [0.1, 0.15) is 12.4 Å². The molecule has 1 atom stereocenters. The number of benzene rings is 2. The summed E-state index contributed by atoms with van der Waals surface area (Å²) in [5, 5.41) is 3.09. The number of rotatable bonds is 7. The van der Waals surface area contributed by atoms with Crippen LogP contribution in [0, 0.1) is 0 Å². The van der Waals surface area contributed by atoms with Crippen LogP contribution in [-0.4, -0.2) is 41.9 Å². The molecule has 0 spiro atoms. The first-order valence-electron chi connectivity index (χ1n) is 11.1. The summed E-state index contributed by atoms with van der Waals surface area (Å²) in [6.07, 6.45) is 6.93. The van der Waals surface area contributed by atoms with E-state index in [0.717, 1.165) is 42.1 Å². The highest BCUT2D eigenvalue weighted by atomic mass is 32.1. The summed E-state index contributed by atoms with van der Waals surface area (Å²) in [4.78, 5) is 16.4. The number of nitrogens with zero attached hydrogens (tertiary/aromatic N) is 1.